The third-order valence-corrected chi connectivity index (χ3v) is 1.75. The summed E-state index contributed by atoms with van der Waals surface area (Å²) in [4.78, 5) is 33.9. The normalized spacial score (nSPS) is 13.4. The van der Waals surface area contributed by atoms with Crippen LogP contribution in [0.1, 0.15) is 48.0 Å². The van der Waals surface area contributed by atoms with Crippen molar-refractivity contribution in [3.05, 3.63) is 0 Å². The summed E-state index contributed by atoms with van der Waals surface area (Å²) in [7, 11) is 0. The molecular weight excluding hydrogens is 250 g/mol. The van der Waals surface area contributed by atoms with Crippen molar-refractivity contribution in [3.8, 4) is 0 Å². The third-order valence-electron chi connectivity index (χ3n) is 1.75. The molecule has 6 nitrogen and oxygen atoms in total. The molecule has 0 aliphatic heterocycles. The number of rotatable bonds is 5. The zero-order valence-corrected chi connectivity index (χ0v) is 12.4. The van der Waals surface area contributed by atoms with Crippen molar-refractivity contribution in [3.63, 3.8) is 0 Å². The van der Waals surface area contributed by atoms with Crippen molar-refractivity contribution in [2.24, 2.45) is 0 Å². The van der Waals surface area contributed by atoms with Gasteiger partial charge < -0.3 is 14.8 Å². The molecule has 0 spiro atoms. The smallest absolute Gasteiger partial charge is 0.329 e. The molecule has 0 aliphatic rings. The molecule has 0 saturated carbocycles. The molecule has 0 aromatic heterocycles. The first-order valence-electron chi connectivity index (χ1n) is 6.09. The lowest BCUT2D eigenvalue weighted by atomic mass is 10.1. The third kappa shape index (κ3) is 9.04. The molecule has 6 heteroatoms. The first-order chi connectivity index (χ1) is 8.44. The molecule has 0 aliphatic carbocycles. The summed E-state index contributed by atoms with van der Waals surface area (Å²) in [6.07, 6.45) is 0.101. The van der Waals surface area contributed by atoms with Gasteiger partial charge in [0.15, 0.2) is 0 Å². The second-order valence-electron chi connectivity index (χ2n) is 6.16. The minimum atomic E-state index is -1.04. The largest absolute Gasteiger partial charge is 0.460 e. The summed E-state index contributed by atoms with van der Waals surface area (Å²) >= 11 is 0. The Kier molecular flexibility index (Phi) is 5.99. The van der Waals surface area contributed by atoms with Gasteiger partial charge in [-0.25, -0.2) is 4.79 Å². The van der Waals surface area contributed by atoms with Gasteiger partial charge in [0.2, 0.25) is 6.41 Å². The number of carbonyl (C=O) groups excluding carboxylic acids is 3. The van der Waals surface area contributed by atoms with Crippen LogP contribution in [0.3, 0.4) is 0 Å². The molecule has 110 valence electrons. The van der Waals surface area contributed by atoms with Crippen LogP contribution in [0, 0.1) is 0 Å². The molecule has 19 heavy (non-hydrogen) atoms. The molecule has 0 bridgehead atoms. The Labute approximate surface area is 113 Å². The number of esters is 2. The van der Waals surface area contributed by atoms with Crippen molar-refractivity contribution in [2.45, 2.75) is 65.2 Å². The van der Waals surface area contributed by atoms with Gasteiger partial charge in [-0.1, -0.05) is 0 Å². The number of ether oxygens (including phenoxy) is 2. The first-order valence-corrected chi connectivity index (χ1v) is 6.09. The van der Waals surface area contributed by atoms with E-state index in [1.807, 2.05) is 0 Å². The van der Waals surface area contributed by atoms with Crippen LogP contribution in [0.15, 0.2) is 0 Å². The maximum absolute atomic E-state index is 11.8. The van der Waals surface area contributed by atoms with Crippen molar-refractivity contribution in [2.75, 3.05) is 0 Å². The molecule has 0 aromatic rings. The lowest BCUT2D eigenvalue weighted by Crippen LogP contribution is -2.43. The second kappa shape index (κ2) is 6.54. The Morgan fingerprint density at radius 2 is 1.53 bits per heavy atom. The fourth-order valence-corrected chi connectivity index (χ4v) is 1.22. The van der Waals surface area contributed by atoms with Crippen molar-refractivity contribution < 1.29 is 23.9 Å². The molecule has 1 atom stereocenters. The molecule has 0 heterocycles. The predicted molar refractivity (Wildman–Crippen MR) is 69.3 cm³/mol. The fourth-order valence-electron chi connectivity index (χ4n) is 1.22. The average Bonchev–Trinajstić information content (AvgIpc) is 2.10. The highest BCUT2D eigenvalue weighted by molar-refractivity contribution is 5.84. The molecule has 1 amide bonds. The van der Waals surface area contributed by atoms with E-state index in [1.54, 1.807) is 41.5 Å². The number of carbonyl (C=O) groups is 3. The molecule has 1 unspecified atom stereocenters. The van der Waals surface area contributed by atoms with Crippen molar-refractivity contribution >= 4 is 18.3 Å². The molecule has 0 saturated heterocycles. The second-order valence-corrected chi connectivity index (χ2v) is 6.16. The summed E-state index contributed by atoms with van der Waals surface area (Å²) in [5.74, 6) is -1.23. The predicted octanol–water partition coefficient (Wildman–Crippen LogP) is 1.17. The molecule has 0 fully saturated rings. The first kappa shape index (κ1) is 17.4. The van der Waals surface area contributed by atoms with Crippen molar-refractivity contribution in [1.82, 2.24) is 5.32 Å². The van der Waals surface area contributed by atoms with E-state index in [4.69, 9.17) is 9.47 Å². The average molecular weight is 273 g/mol. The summed E-state index contributed by atoms with van der Waals surface area (Å²) in [6.45, 7) is 10.3. The number of amides is 1. The summed E-state index contributed by atoms with van der Waals surface area (Å²) < 4.78 is 10.2. The lowest BCUT2D eigenvalue weighted by molar-refractivity contribution is -0.164. The molecular formula is C13H23NO5. The Morgan fingerprint density at radius 1 is 1.05 bits per heavy atom. The van der Waals surface area contributed by atoms with Crippen LogP contribution in [-0.4, -0.2) is 35.6 Å². The van der Waals surface area contributed by atoms with Crippen LogP contribution < -0.4 is 5.32 Å². The Bertz CT molecular complexity index is 338. The fraction of sp³-hybridized carbons (Fsp3) is 0.769. The van der Waals surface area contributed by atoms with E-state index in [0.29, 0.717) is 6.41 Å². The topological polar surface area (TPSA) is 81.7 Å². The van der Waals surface area contributed by atoms with Crippen LogP contribution in [0.2, 0.25) is 0 Å². The van der Waals surface area contributed by atoms with E-state index in [9.17, 15) is 14.4 Å². The van der Waals surface area contributed by atoms with Crippen LogP contribution in [0.4, 0.5) is 0 Å². The Hall–Kier alpha value is -1.59. The maximum atomic E-state index is 11.8. The van der Waals surface area contributed by atoms with Crippen LogP contribution in [0.5, 0.6) is 0 Å². The van der Waals surface area contributed by atoms with E-state index in [0.717, 1.165) is 0 Å². The zero-order valence-electron chi connectivity index (χ0n) is 12.4. The summed E-state index contributed by atoms with van der Waals surface area (Å²) in [5, 5.41) is 2.27. The standard InChI is InChI=1S/C13H23NO5/c1-12(2,3)18-10(16)7-9(14-8-15)11(17)19-13(4,5)6/h8-9H,7H2,1-6H3,(H,14,15). The number of nitrogens with one attached hydrogen (secondary N) is 1. The number of hydrogen-bond donors (Lipinski definition) is 1. The summed E-state index contributed by atoms with van der Waals surface area (Å²) in [5.41, 5.74) is -1.33. The molecule has 0 aromatic carbocycles. The van der Waals surface area contributed by atoms with E-state index < -0.39 is 29.2 Å². The van der Waals surface area contributed by atoms with E-state index >= 15 is 0 Å². The highest BCUT2D eigenvalue weighted by Crippen LogP contribution is 2.12. The van der Waals surface area contributed by atoms with Crippen LogP contribution in [-0.2, 0) is 23.9 Å². The quantitative estimate of drug-likeness (QED) is 0.600. The number of hydrogen-bond acceptors (Lipinski definition) is 5. The Morgan fingerprint density at radius 3 is 1.89 bits per heavy atom. The Balaban J connectivity index is 4.61. The van der Waals surface area contributed by atoms with Crippen molar-refractivity contribution in [1.29, 1.82) is 0 Å². The highest BCUT2D eigenvalue weighted by atomic mass is 16.6. The monoisotopic (exact) mass is 273 g/mol. The molecule has 0 radical (unpaired) electrons. The maximum Gasteiger partial charge on any atom is 0.329 e. The van der Waals surface area contributed by atoms with Gasteiger partial charge in [0.25, 0.3) is 0 Å². The van der Waals surface area contributed by atoms with Gasteiger partial charge in [-0.05, 0) is 41.5 Å². The minimum absolute atomic E-state index is 0.259. The van der Waals surface area contributed by atoms with Gasteiger partial charge in [0.1, 0.15) is 17.2 Å². The summed E-state index contributed by atoms with van der Waals surface area (Å²) in [6, 6.07) is -1.04. The van der Waals surface area contributed by atoms with Gasteiger partial charge in [-0.15, -0.1) is 0 Å². The van der Waals surface area contributed by atoms with Gasteiger partial charge in [-0.3, -0.25) is 9.59 Å². The van der Waals surface area contributed by atoms with Crippen LogP contribution >= 0.6 is 0 Å². The van der Waals surface area contributed by atoms with Crippen LogP contribution in [0.25, 0.3) is 0 Å². The highest BCUT2D eigenvalue weighted by Gasteiger charge is 2.29. The molecule has 1 N–H and O–H groups in total. The van der Waals surface area contributed by atoms with Gasteiger partial charge in [0.05, 0.1) is 6.42 Å². The van der Waals surface area contributed by atoms with E-state index in [-0.39, 0.29) is 6.42 Å². The van der Waals surface area contributed by atoms with E-state index in [1.165, 1.54) is 0 Å². The lowest BCUT2D eigenvalue weighted by Gasteiger charge is -2.24. The zero-order chi connectivity index (χ0) is 15.3. The van der Waals surface area contributed by atoms with Gasteiger partial charge >= 0.3 is 11.9 Å². The SMILES string of the molecule is CC(C)(C)OC(=O)CC(NC=O)C(=O)OC(C)(C)C. The minimum Gasteiger partial charge on any atom is -0.460 e. The van der Waals surface area contributed by atoms with Gasteiger partial charge in [0, 0.05) is 0 Å². The van der Waals surface area contributed by atoms with E-state index in [2.05, 4.69) is 5.32 Å². The van der Waals surface area contributed by atoms with Gasteiger partial charge in [-0.2, -0.15) is 0 Å². The molecule has 0 rings (SSSR count).